The van der Waals surface area contributed by atoms with E-state index in [1.165, 1.54) is 82.6 Å². The Morgan fingerprint density at radius 3 is 1.97 bits per heavy atom. The van der Waals surface area contributed by atoms with Gasteiger partial charge < -0.3 is 0 Å². The molecule has 3 aliphatic rings. The van der Waals surface area contributed by atoms with Crippen LogP contribution in [-0.2, 0) is 0 Å². The second-order valence-electron chi connectivity index (χ2n) is 10.5. The van der Waals surface area contributed by atoms with Gasteiger partial charge in [0, 0.05) is 5.92 Å². The smallest absolute Gasteiger partial charge is 0.00182 e. The molecule has 158 valence electrons. The van der Waals surface area contributed by atoms with Gasteiger partial charge in [-0.15, -0.1) is 6.58 Å². The van der Waals surface area contributed by atoms with Crippen molar-refractivity contribution < 1.29 is 0 Å². The van der Waals surface area contributed by atoms with Crippen molar-refractivity contribution in [1.29, 1.82) is 0 Å². The van der Waals surface area contributed by atoms with Crippen LogP contribution in [0.4, 0.5) is 0 Å². The summed E-state index contributed by atoms with van der Waals surface area (Å²) < 4.78 is 0. The van der Waals surface area contributed by atoms with E-state index in [2.05, 4.69) is 56.0 Å². The van der Waals surface area contributed by atoms with Crippen molar-refractivity contribution >= 4 is 0 Å². The molecular formula is C29H42. The molecule has 0 aromatic heterocycles. The highest BCUT2D eigenvalue weighted by Gasteiger charge is 2.31. The average Bonchev–Trinajstić information content (AvgIpc) is 2.79. The Hall–Kier alpha value is -1.30. The molecule has 4 rings (SSSR count). The maximum atomic E-state index is 3.89. The third kappa shape index (κ3) is 5.44. The van der Waals surface area contributed by atoms with E-state index in [0.717, 1.165) is 29.6 Å². The fraction of sp³-hybridized carbons (Fsp3) is 0.655. The van der Waals surface area contributed by atoms with Gasteiger partial charge in [0.15, 0.2) is 0 Å². The van der Waals surface area contributed by atoms with Gasteiger partial charge in [-0.3, -0.25) is 0 Å². The SMILES string of the molecule is C=CCCC1CCC(C2CCC(c3ccc(C4C=CC(C)CC4)cc3)CC2)CC1. The molecule has 0 N–H and O–H groups in total. The first-order chi connectivity index (χ1) is 14.2. The first kappa shape index (κ1) is 21.0. The highest BCUT2D eigenvalue weighted by Crippen LogP contribution is 2.44. The van der Waals surface area contributed by atoms with E-state index >= 15 is 0 Å². The van der Waals surface area contributed by atoms with E-state index < -0.39 is 0 Å². The maximum Gasteiger partial charge on any atom is 0.00182 e. The lowest BCUT2D eigenvalue weighted by Gasteiger charge is -2.38. The lowest BCUT2D eigenvalue weighted by atomic mass is 9.68. The number of hydrogen-bond donors (Lipinski definition) is 0. The Balaban J connectivity index is 1.24. The predicted octanol–water partition coefficient (Wildman–Crippen LogP) is 8.80. The molecule has 1 aromatic carbocycles. The molecule has 0 nitrogen and oxygen atoms in total. The molecule has 0 bridgehead atoms. The fourth-order valence-electron chi connectivity index (χ4n) is 6.48. The van der Waals surface area contributed by atoms with E-state index in [-0.39, 0.29) is 0 Å². The Labute approximate surface area is 179 Å². The van der Waals surface area contributed by atoms with Gasteiger partial charge in [-0.1, -0.05) is 62.3 Å². The second-order valence-corrected chi connectivity index (χ2v) is 10.5. The van der Waals surface area contributed by atoms with Gasteiger partial charge in [0.1, 0.15) is 0 Å². The molecule has 2 unspecified atom stereocenters. The van der Waals surface area contributed by atoms with Crippen molar-refractivity contribution in [2.45, 2.75) is 95.8 Å². The monoisotopic (exact) mass is 390 g/mol. The van der Waals surface area contributed by atoms with Crippen molar-refractivity contribution in [3.63, 3.8) is 0 Å². The minimum Gasteiger partial charge on any atom is -0.103 e. The van der Waals surface area contributed by atoms with Gasteiger partial charge in [-0.05, 0) is 105 Å². The van der Waals surface area contributed by atoms with Crippen LogP contribution in [0.3, 0.4) is 0 Å². The summed E-state index contributed by atoms with van der Waals surface area (Å²) in [4.78, 5) is 0. The van der Waals surface area contributed by atoms with Crippen molar-refractivity contribution in [1.82, 2.24) is 0 Å². The molecular weight excluding hydrogens is 348 g/mol. The van der Waals surface area contributed by atoms with Crippen LogP contribution in [0.1, 0.15) is 107 Å². The molecule has 0 heterocycles. The molecule has 0 saturated heterocycles. The van der Waals surface area contributed by atoms with Crippen LogP contribution in [0.5, 0.6) is 0 Å². The van der Waals surface area contributed by atoms with Crippen LogP contribution in [0, 0.1) is 23.7 Å². The molecule has 0 amide bonds. The number of hydrogen-bond acceptors (Lipinski definition) is 0. The Morgan fingerprint density at radius 1 is 0.759 bits per heavy atom. The van der Waals surface area contributed by atoms with Gasteiger partial charge in [0.25, 0.3) is 0 Å². The highest BCUT2D eigenvalue weighted by molar-refractivity contribution is 5.31. The minimum absolute atomic E-state index is 0.651. The molecule has 2 atom stereocenters. The van der Waals surface area contributed by atoms with Crippen LogP contribution < -0.4 is 0 Å². The lowest BCUT2D eigenvalue weighted by Crippen LogP contribution is -2.25. The van der Waals surface area contributed by atoms with Gasteiger partial charge in [-0.2, -0.15) is 0 Å². The molecule has 0 heteroatoms. The second kappa shape index (κ2) is 10.1. The van der Waals surface area contributed by atoms with Crippen LogP contribution in [0.2, 0.25) is 0 Å². The van der Waals surface area contributed by atoms with E-state index in [0.29, 0.717) is 5.92 Å². The molecule has 1 aromatic rings. The van der Waals surface area contributed by atoms with Crippen molar-refractivity contribution in [2.75, 3.05) is 0 Å². The standard InChI is InChI=1S/C29H42/c1-3-4-5-23-8-12-25(13-9-23)27-16-20-29(21-17-27)28-18-14-26(15-19-28)24-10-6-22(2)7-11-24/h3,6,10,14-15,18-19,22-25,27,29H,1,4-5,7-9,11-13,16-17,20-21H2,2H3. The van der Waals surface area contributed by atoms with E-state index in [1.54, 1.807) is 5.56 Å². The largest absolute Gasteiger partial charge is 0.103 e. The van der Waals surface area contributed by atoms with Gasteiger partial charge in [0.05, 0.1) is 0 Å². The summed E-state index contributed by atoms with van der Waals surface area (Å²) in [5.74, 6) is 5.26. The number of rotatable bonds is 6. The lowest BCUT2D eigenvalue weighted by molar-refractivity contribution is 0.157. The molecule has 2 fully saturated rings. The first-order valence-electron chi connectivity index (χ1n) is 12.6. The molecule has 29 heavy (non-hydrogen) atoms. The van der Waals surface area contributed by atoms with Crippen molar-refractivity contribution in [3.05, 3.63) is 60.2 Å². The van der Waals surface area contributed by atoms with Crippen molar-refractivity contribution in [3.8, 4) is 0 Å². The van der Waals surface area contributed by atoms with E-state index in [4.69, 9.17) is 0 Å². The first-order valence-corrected chi connectivity index (χ1v) is 12.6. The van der Waals surface area contributed by atoms with Gasteiger partial charge in [-0.25, -0.2) is 0 Å². The van der Waals surface area contributed by atoms with Crippen LogP contribution in [-0.4, -0.2) is 0 Å². The predicted molar refractivity (Wildman–Crippen MR) is 126 cm³/mol. The average molecular weight is 391 g/mol. The molecule has 0 radical (unpaired) electrons. The van der Waals surface area contributed by atoms with E-state index in [1.807, 2.05) is 0 Å². The molecule has 2 saturated carbocycles. The quantitative estimate of drug-likeness (QED) is 0.426. The normalized spacial score (nSPS) is 35.3. The summed E-state index contributed by atoms with van der Waals surface area (Å²) in [5, 5.41) is 0. The van der Waals surface area contributed by atoms with Crippen LogP contribution in [0.25, 0.3) is 0 Å². The summed E-state index contributed by atoms with van der Waals surface area (Å²) in [6, 6.07) is 9.77. The summed E-state index contributed by atoms with van der Waals surface area (Å²) in [5.41, 5.74) is 3.13. The van der Waals surface area contributed by atoms with Gasteiger partial charge in [0.2, 0.25) is 0 Å². The van der Waals surface area contributed by atoms with Gasteiger partial charge >= 0.3 is 0 Å². The van der Waals surface area contributed by atoms with Crippen LogP contribution >= 0.6 is 0 Å². The fourth-order valence-corrected chi connectivity index (χ4v) is 6.48. The third-order valence-electron chi connectivity index (χ3n) is 8.55. The zero-order chi connectivity index (χ0) is 20.1. The summed E-state index contributed by atoms with van der Waals surface area (Å²) >= 11 is 0. The molecule has 0 spiro atoms. The summed E-state index contributed by atoms with van der Waals surface area (Å²) in [6.45, 7) is 6.23. The third-order valence-corrected chi connectivity index (χ3v) is 8.55. The molecule has 0 aliphatic heterocycles. The summed E-state index contributed by atoms with van der Waals surface area (Å²) in [7, 11) is 0. The minimum atomic E-state index is 0.651. The Kier molecular flexibility index (Phi) is 7.33. The Morgan fingerprint density at radius 2 is 1.38 bits per heavy atom. The number of allylic oxidation sites excluding steroid dienone is 3. The highest BCUT2D eigenvalue weighted by atomic mass is 14.4. The Bertz CT molecular complexity index is 650. The molecule has 3 aliphatic carbocycles. The van der Waals surface area contributed by atoms with E-state index in [9.17, 15) is 0 Å². The van der Waals surface area contributed by atoms with Crippen molar-refractivity contribution in [2.24, 2.45) is 23.7 Å². The number of benzene rings is 1. The summed E-state index contributed by atoms with van der Waals surface area (Å²) in [6.07, 6.45) is 24.0. The van der Waals surface area contributed by atoms with Crippen LogP contribution in [0.15, 0.2) is 49.1 Å². The zero-order valence-corrected chi connectivity index (χ0v) is 18.7. The zero-order valence-electron chi connectivity index (χ0n) is 18.7. The maximum absolute atomic E-state index is 3.89. The topological polar surface area (TPSA) is 0 Å².